The van der Waals surface area contributed by atoms with Crippen LogP contribution in [-0.4, -0.2) is 155 Å². The van der Waals surface area contributed by atoms with Crippen LogP contribution >= 0.6 is 0 Å². The minimum atomic E-state index is -3.76. The molecule has 5 saturated heterocycles. The second kappa shape index (κ2) is 17.9. The molecule has 2 amide bonds. The number of anilines is 1. The molecule has 330 valence electrons. The van der Waals surface area contributed by atoms with E-state index in [9.17, 15) is 22.4 Å². The highest BCUT2D eigenvalue weighted by Gasteiger charge is 2.63. The van der Waals surface area contributed by atoms with Gasteiger partial charge in [0.15, 0.2) is 9.84 Å². The molecule has 2 aromatic rings. The summed E-state index contributed by atoms with van der Waals surface area (Å²) in [7, 11) is -2.38. The van der Waals surface area contributed by atoms with E-state index in [2.05, 4.69) is 44.6 Å². The number of alkyl carbamates (subject to hydrolysis) is 1. The fourth-order valence-electron chi connectivity index (χ4n) is 11.5. The Hall–Kier alpha value is -4.10. The van der Waals surface area contributed by atoms with Gasteiger partial charge < -0.3 is 29.7 Å². The second-order valence-electron chi connectivity index (χ2n) is 18.3. The van der Waals surface area contributed by atoms with E-state index in [0.29, 0.717) is 31.0 Å². The predicted molar refractivity (Wildman–Crippen MR) is 232 cm³/mol. The van der Waals surface area contributed by atoms with Crippen molar-refractivity contribution in [1.82, 2.24) is 24.9 Å². The summed E-state index contributed by atoms with van der Waals surface area (Å²) in [5.74, 6) is 5.10. The van der Waals surface area contributed by atoms with Crippen LogP contribution in [-0.2, 0) is 31.3 Å². The van der Waals surface area contributed by atoms with Gasteiger partial charge in [-0.15, -0.1) is 0 Å². The van der Waals surface area contributed by atoms with Crippen molar-refractivity contribution in [2.24, 2.45) is 16.8 Å². The van der Waals surface area contributed by atoms with Crippen molar-refractivity contribution in [2.45, 2.75) is 91.7 Å². The number of sulfone groups is 1. The van der Waals surface area contributed by atoms with Gasteiger partial charge in [0.2, 0.25) is 0 Å². The normalized spacial score (nSPS) is 26.7. The molecule has 0 bridgehead atoms. The minimum Gasteiger partial charge on any atom is -0.453 e. The Labute approximate surface area is 359 Å². The quantitative estimate of drug-likeness (QED) is 0.216. The van der Waals surface area contributed by atoms with Crippen molar-refractivity contribution in [1.29, 1.82) is 0 Å². The number of methoxy groups -OCH3 is 1. The minimum absolute atomic E-state index is 0.113. The van der Waals surface area contributed by atoms with Crippen LogP contribution in [0.25, 0.3) is 0 Å². The molecule has 1 unspecified atom stereocenters. The van der Waals surface area contributed by atoms with Crippen LogP contribution in [0.2, 0.25) is 0 Å². The number of piperidine rings is 1. The number of hydrogen-bond donors (Lipinski definition) is 1. The number of likely N-dealkylation sites (tertiary alicyclic amines) is 4. The molecule has 1 aliphatic carbocycles. The highest BCUT2D eigenvalue weighted by Crippen LogP contribution is 2.56. The van der Waals surface area contributed by atoms with Gasteiger partial charge >= 0.3 is 6.09 Å². The molecular weight excluding hydrogens is 801 g/mol. The monoisotopic (exact) mass is 861 g/mol. The van der Waals surface area contributed by atoms with Gasteiger partial charge in [0.05, 0.1) is 28.8 Å². The van der Waals surface area contributed by atoms with Crippen LogP contribution in [0.1, 0.15) is 63.0 Å². The molecule has 0 aromatic heterocycles. The first-order valence-corrected chi connectivity index (χ1v) is 23.7. The average molecular weight is 862 g/mol. The molecule has 1 N–H and O–H groups in total. The SMILES string of the molecule is C=N[C@]1(C(CN2CCC2)(c2cccc(F)c2)C2CCN(CC3CN(c4ccc(S(=O)(=O)[C@@H]5CCN(C(=O)C#CC)C5)c(CN5CC(F)C5)c4)C3)CC2)CCC[C@@H]1NC(=O)OC. The first-order chi connectivity index (χ1) is 29.4. The van der Waals surface area contributed by atoms with E-state index < -0.39 is 38.3 Å². The van der Waals surface area contributed by atoms with E-state index in [1.807, 2.05) is 17.0 Å². The maximum Gasteiger partial charge on any atom is 0.407 e. The van der Waals surface area contributed by atoms with E-state index in [1.165, 1.54) is 18.1 Å². The fourth-order valence-corrected chi connectivity index (χ4v) is 13.4. The number of nitrogens with zero attached hydrogens (tertiary/aromatic N) is 6. The maximum absolute atomic E-state index is 15.3. The smallest absolute Gasteiger partial charge is 0.407 e. The Morgan fingerprint density at radius 2 is 1.74 bits per heavy atom. The zero-order valence-electron chi connectivity index (χ0n) is 35.7. The number of carbonyl (C=O) groups is 2. The van der Waals surface area contributed by atoms with Crippen LogP contribution in [0.15, 0.2) is 52.4 Å². The summed E-state index contributed by atoms with van der Waals surface area (Å²) in [5, 5.41) is 2.43. The number of aliphatic imine (C=N–C) groups is 1. The summed E-state index contributed by atoms with van der Waals surface area (Å²) in [5.41, 5.74) is 1.23. The van der Waals surface area contributed by atoms with Crippen LogP contribution in [0.3, 0.4) is 0 Å². The van der Waals surface area contributed by atoms with E-state index in [4.69, 9.17) is 9.73 Å². The molecule has 6 fully saturated rings. The highest BCUT2D eigenvalue weighted by atomic mass is 32.2. The van der Waals surface area contributed by atoms with Gasteiger partial charge in [-0.3, -0.25) is 14.7 Å². The van der Waals surface area contributed by atoms with Gasteiger partial charge in [-0.1, -0.05) is 18.1 Å². The van der Waals surface area contributed by atoms with Crippen LogP contribution < -0.4 is 10.2 Å². The largest absolute Gasteiger partial charge is 0.453 e. The number of carbonyl (C=O) groups excluding carboxylic acids is 2. The topological polar surface area (TPSA) is 118 Å². The van der Waals surface area contributed by atoms with Crippen molar-refractivity contribution < 1.29 is 31.5 Å². The van der Waals surface area contributed by atoms with Crippen LogP contribution in [0.5, 0.6) is 0 Å². The van der Waals surface area contributed by atoms with E-state index in [0.717, 1.165) is 102 Å². The van der Waals surface area contributed by atoms with Crippen molar-refractivity contribution in [2.75, 3.05) is 90.5 Å². The number of nitrogens with one attached hydrogen (secondary N) is 1. The molecule has 4 atom stereocenters. The van der Waals surface area contributed by atoms with Gasteiger partial charge in [0, 0.05) is 75.9 Å². The van der Waals surface area contributed by atoms with Crippen LogP contribution in [0, 0.1) is 29.5 Å². The molecule has 0 spiro atoms. The van der Waals surface area contributed by atoms with Gasteiger partial charge in [-0.2, -0.15) is 0 Å². The number of rotatable bonds is 14. The first-order valence-electron chi connectivity index (χ1n) is 22.1. The molecule has 15 heteroatoms. The van der Waals surface area contributed by atoms with Crippen LogP contribution in [0.4, 0.5) is 19.3 Å². The second-order valence-corrected chi connectivity index (χ2v) is 20.5. The summed E-state index contributed by atoms with van der Waals surface area (Å²) < 4.78 is 62.4. The molecule has 1 saturated carbocycles. The molecule has 0 radical (unpaired) electrons. The van der Waals surface area contributed by atoms with Crippen molar-refractivity contribution in [3.63, 3.8) is 0 Å². The lowest BCUT2D eigenvalue weighted by Gasteiger charge is -2.58. The Bertz CT molecular complexity index is 2130. The predicted octanol–water partition coefficient (Wildman–Crippen LogP) is 4.52. The first kappa shape index (κ1) is 43.5. The molecule has 8 rings (SSSR count). The van der Waals surface area contributed by atoms with E-state index >= 15 is 4.39 Å². The summed E-state index contributed by atoms with van der Waals surface area (Å²) in [6, 6.07) is 12.3. The molecule has 5 aliphatic heterocycles. The molecule has 2 aromatic carbocycles. The molecule has 6 aliphatic rings. The number of halogens is 2. The lowest BCUT2D eigenvalue weighted by atomic mass is 9.54. The number of amides is 2. The Morgan fingerprint density at radius 1 is 0.967 bits per heavy atom. The maximum atomic E-state index is 15.3. The van der Waals surface area contributed by atoms with E-state index in [1.54, 1.807) is 25.1 Å². The van der Waals surface area contributed by atoms with Crippen molar-refractivity contribution in [3.8, 4) is 11.8 Å². The Kier molecular flexibility index (Phi) is 12.8. The average Bonchev–Trinajstić information content (AvgIpc) is 3.88. The van der Waals surface area contributed by atoms with Gasteiger partial charge in [0.25, 0.3) is 5.91 Å². The zero-order valence-corrected chi connectivity index (χ0v) is 36.5. The summed E-state index contributed by atoms with van der Waals surface area (Å²) in [4.78, 5) is 41.2. The van der Waals surface area contributed by atoms with Crippen molar-refractivity contribution in [3.05, 3.63) is 59.4 Å². The third kappa shape index (κ3) is 8.42. The Morgan fingerprint density at radius 3 is 2.39 bits per heavy atom. The van der Waals surface area contributed by atoms with Gasteiger partial charge in [0.1, 0.15) is 12.0 Å². The molecule has 12 nitrogen and oxygen atoms in total. The lowest BCUT2D eigenvalue weighted by Crippen LogP contribution is -2.68. The third-order valence-corrected chi connectivity index (χ3v) is 17.1. The van der Waals surface area contributed by atoms with Crippen molar-refractivity contribution >= 4 is 34.2 Å². The fraction of sp³-hybridized carbons (Fsp3) is 0.630. The Balaban J connectivity index is 0.963. The number of hydrogen-bond acceptors (Lipinski definition) is 10. The zero-order chi connectivity index (χ0) is 42.9. The molecular formula is C46H61F2N7O5S. The third-order valence-electron chi connectivity index (χ3n) is 14.8. The molecule has 61 heavy (non-hydrogen) atoms. The van der Waals surface area contributed by atoms with E-state index in [-0.39, 0.29) is 48.2 Å². The lowest BCUT2D eigenvalue weighted by molar-refractivity contribution is -0.124. The molecule has 5 heterocycles. The van der Waals surface area contributed by atoms with Gasteiger partial charge in [-0.05, 0) is 138 Å². The number of alkyl halides is 1. The van der Waals surface area contributed by atoms with Gasteiger partial charge in [-0.25, -0.2) is 22.0 Å². The summed E-state index contributed by atoms with van der Waals surface area (Å²) in [6.07, 6.45) is 4.24. The standard InChI is InChI=1S/C46H61F2N7O5S/c1-4-8-43(56)54-22-16-40(31-54)61(58,59)41-13-12-39(23-34(41)28-53-29-38(48)30-53)55-26-33(27-55)25-51-20-14-35(15-21-51)45(32-52-18-7-19-52,36-9-5-10-37(47)24-36)46(49-2)17-6-11-42(46)50-44(57)60-3/h5,9-10,12-13,23-24,33,35,38,40,42H,2,6-7,11,14-22,25-32H2,1,3H3,(H,50,57)/t40-,42+,45?,46-/m1/s1. The number of benzene rings is 2. The summed E-state index contributed by atoms with van der Waals surface area (Å²) >= 11 is 0. The number of ether oxygens (including phenoxy) is 1. The summed E-state index contributed by atoms with van der Waals surface area (Å²) in [6.45, 7) is 14.2. The highest BCUT2D eigenvalue weighted by molar-refractivity contribution is 7.92.